The summed E-state index contributed by atoms with van der Waals surface area (Å²) in [5.74, 6) is 5.09. The van der Waals surface area contributed by atoms with Gasteiger partial charge in [0, 0.05) is 6.20 Å². The van der Waals surface area contributed by atoms with Crippen LogP contribution in [0.4, 0.5) is 0 Å². The van der Waals surface area contributed by atoms with Crippen molar-refractivity contribution in [2.75, 3.05) is 0 Å². The average molecular weight is 499 g/mol. The Kier molecular flexibility index (Phi) is 5.77. The number of aliphatic hydroxyl groups excluding tert-OH is 1. The Balaban J connectivity index is 1.09. The smallest absolute Gasteiger partial charge is 0.0874 e. The highest BCUT2D eigenvalue weighted by atomic mass is 16.3. The van der Waals surface area contributed by atoms with Gasteiger partial charge in [-0.3, -0.25) is 0 Å². The zero-order valence-corrected chi connectivity index (χ0v) is 23.2. The average Bonchev–Trinajstić information content (AvgIpc) is 3.52. The van der Waals surface area contributed by atoms with Crippen molar-refractivity contribution in [2.45, 2.75) is 97.5 Å². The molecule has 4 aliphatic carbocycles. The van der Waals surface area contributed by atoms with Crippen molar-refractivity contribution < 1.29 is 5.11 Å². The zero-order chi connectivity index (χ0) is 25.4. The first-order valence-electron chi connectivity index (χ1n) is 15.4. The number of aromatic nitrogens is 2. The molecule has 0 radical (unpaired) electrons. The lowest BCUT2D eigenvalue weighted by atomic mass is 9.44. The van der Waals surface area contributed by atoms with Crippen molar-refractivity contribution in [3.63, 3.8) is 0 Å². The fourth-order valence-electron chi connectivity index (χ4n) is 10.8. The van der Waals surface area contributed by atoms with Gasteiger partial charge >= 0.3 is 0 Å². The molecule has 1 N–H and O–H groups in total. The maximum atomic E-state index is 10.4. The quantitative estimate of drug-likeness (QED) is 0.395. The normalized spacial score (nSPS) is 40.3. The molecule has 1 aromatic carbocycles. The number of hydrogen-bond donors (Lipinski definition) is 1. The molecule has 0 aliphatic heterocycles. The minimum atomic E-state index is -0.0368. The van der Waals surface area contributed by atoms with Gasteiger partial charge in [-0.05, 0) is 141 Å². The van der Waals surface area contributed by atoms with Gasteiger partial charge in [0.15, 0.2) is 0 Å². The van der Waals surface area contributed by atoms with Crippen LogP contribution in [-0.2, 0) is 6.42 Å². The number of nitrogens with zero attached hydrogens (tertiary/aromatic N) is 2. The van der Waals surface area contributed by atoms with Gasteiger partial charge in [0.1, 0.15) is 0 Å². The third-order valence-corrected chi connectivity index (χ3v) is 12.7. The Labute approximate surface area is 223 Å². The predicted octanol–water partition coefficient (Wildman–Crippen LogP) is 8.08. The number of hydrogen-bond acceptors (Lipinski definition) is 2. The molecule has 2 aromatic heterocycles. The van der Waals surface area contributed by atoms with Crippen LogP contribution in [0.5, 0.6) is 0 Å². The molecule has 0 bridgehead atoms. The van der Waals surface area contributed by atoms with Crippen LogP contribution in [0, 0.1) is 46.3 Å². The maximum Gasteiger partial charge on any atom is 0.0874 e. The van der Waals surface area contributed by atoms with Gasteiger partial charge in [-0.2, -0.15) is 0 Å². The molecule has 3 nitrogen and oxygen atoms in total. The van der Waals surface area contributed by atoms with E-state index in [1.54, 1.807) is 0 Å². The van der Waals surface area contributed by atoms with E-state index in [9.17, 15) is 5.11 Å². The first kappa shape index (κ1) is 24.2. The molecule has 0 saturated heterocycles. The molecule has 0 unspecified atom stereocenters. The second-order valence-electron chi connectivity index (χ2n) is 14.1. The first-order chi connectivity index (χ1) is 17.9. The van der Waals surface area contributed by atoms with Crippen molar-refractivity contribution in [3.8, 4) is 0 Å². The molecule has 2 heterocycles. The fourth-order valence-corrected chi connectivity index (χ4v) is 10.8. The van der Waals surface area contributed by atoms with Gasteiger partial charge in [0.2, 0.25) is 0 Å². The zero-order valence-electron chi connectivity index (χ0n) is 23.2. The summed E-state index contributed by atoms with van der Waals surface area (Å²) in [6, 6.07) is 13.0. The number of aliphatic hydroxyl groups is 1. The molecule has 4 saturated carbocycles. The topological polar surface area (TPSA) is 37.5 Å². The van der Waals surface area contributed by atoms with Crippen LogP contribution in [0.15, 0.2) is 42.6 Å². The van der Waals surface area contributed by atoms with Crippen LogP contribution in [0.25, 0.3) is 16.6 Å². The summed E-state index contributed by atoms with van der Waals surface area (Å²) < 4.78 is 2.33. The van der Waals surface area contributed by atoms with Crippen LogP contribution in [-0.4, -0.2) is 20.6 Å². The molecule has 37 heavy (non-hydrogen) atoms. The Hall–Kier alpha value is -1.87. The number of para-hydroxylation sites is 2. The van der Waals surface area contributed by atoms with Crippen LogP contribution in [0.3, 0.4) is 0 Å². The van der Waals surface area contributed by atoms with Crippen LogP contribution >= 0.6 is 0 Å². The van der Waals surface area contributed by atoms with E-state index in [4.69, 9.17) is 4.98 Å². The molecule has 198 valence electrons. The molecule has 9 atom stereocenters. The van der Waals surface area contributed by atoms with Gasteiger partial charge in [-0.15, -0.1) is 0 Å². The van der Waals surface area contributed by atoms with E-state index in [0.29, 0.717) is 10.8 Å². The van der Waals surface area contributed by atoms with E-state index in [-0.39, 0.29) is 6.10 Å². The van der Waals surface area contributed by atoms with Crippen molar-refractivity contribution in [1.29, 1.82) is 0 Å². The highest BCUT2D eigenvalue weighted by Crippen LogP contribution is 2.68. The summed E-state index contributed by atoms with van der Waals surface area (Å²) in [5.41, 5.74) is 5.86. The van der Waals surface area contributed by atoms with Crippen molar-refractivity contribution in [3.05, 3.63) is 48.3 Å². The van der Waals surface area contributed by atoms with Gasteiger partial charge in [-0.25, -0.2) is 4.98 Å². The van der Waals surface area contributed by atoms with E-state index in [0.717, 1.165) is 60.3 Å². The minimum Gasteiger partial charge on any atom is -0.393 e. The highest BCUT2D eigenvalue weighted by molar-refractivity contribution is 5.79. The molecular formula is C34H46N2O. The largest absolute Gasteiger partial charge is 0.393 e. The number of benzene rings is 1. The number of fused-ring (bicyclic) bond motifs is 8. The van der Waals surface area contributed by atoms with Gasteiger partial charge in [0.25, 0.3) is 0 Å². The summed E-state index contributed by atoms with van der Waals surface area (Å²) in [5, 5.41) is 10.4. The molecule has 4 aliphatic rings. The minimum absolute atomic E-state index is 0.0368. The van der Waals surface area contributed by atoms with Crippen molar-refractivity contribution in [1.82, 2.24) is 9.38 Å². The Morgan fingerprint density at radius 2 is 1.70 bits per heavy atom. The summed E-state index contributed by atoms with van der Waals surface area (Å²) in [6.45, 7) is 7.87. The van der Waals surface area contributed by atoms with Crippen LogP contribution in [0.1, 0.15) is 90.7 Å². The van der Waals surface area contributed by atoms with Crippen molar-refractivity contribution in [2.24, 2.45) is 46.3 Å². The van der Waals surface area contributed by atoms with E-state index in [1.165, 1.54) is 68.1 Å². The number of aryl methyl sites for hydroxylation is 1. The summed E-state index contributed by atoms with van der Waals surface area (Å²) in [7, 11) is 0. The summed E-state index contributed by atoms with van der Waals surface area (Å²) in [6.07, 6.45) is 16.4. The molecule has 3 aromatic rings. The molecule has 7 rings (SSSR count). The van der Waals surface area contributed by atoms with Crippen LogP contribution in [0.2, 0.25) is 0 Å². The molecule has 0 spiro atoms. The Morgan fingerprint density at radius 3 is 2.59 bits per heavy atom. The maximum absolute atomic E-state index is 10.4. The lowest BCUT2D eigenvalue weighted by Gasteiger charge is -2.61. The Bertz CT molecular complexity index is 1300. The molecule has 0 amide bonds. The second kappa shape index (κ2) is 8.83. The summed E-state index contributed by atoms with van der Waals surface area (Å²) >= 11 is 0. The molecular weight excluding hydrogens is 452 g/mol. The number of rotatable bonds is 4. The van der Waals surface area contributed by atoms with E-state index in [1.807, 2.05) is 0 Å². The third kappa shape index (κ3) is 3.66. The molecule has 3 heteroatoms. The lowest BCUT2D eigenvalue weighted by Crippen LogP contribution is -2.54. The van der Waals surface area contributed by atoms with Gasteiger partial charge in [0.05, 0.1) is 28.3 Å². The third-order valence-electron chi connectivity index (χ3n) is 12.7. The van der Waals surface area contributed by atoms with E-state index < -0.39 is 0 Å². The fraction of sp³-hybridized carbons (Fsp3) is 0.676. The Morgan fingerprint density at radius 1 is 0.919 bits per heavy atom. The van der Waals surface area contributed by atoms with Gasteiger partial charge < -0.3 is 9.51 Å². The highest BCUT2D eigenvalue weighted by Gasteiger charge is 2.60. The SMILES string of the molecule is C[C@H](CCc1nc2ccccc2n2cccc12)[C@H]1CC[C@H]2[C@@H]3CC[C@@H]4C[C@H](O)CC[C@]4(C)[C@H]3CC[C@]12C. The predicted molar refractivity (Wildman–Crippen MR) is 151 cm³/mol. The second-order valence-corrected chi connectivity index (χ2v) is 14.1. The standard InChI is InChI=1S/C34H46N2O/c1-22(10-15-30-32-9-6-20-36(32)31-8-5-4-7-29(31)35-30)26-13-14-27-25-12-11-23-21-24(37)16-18-33(23,2)28(25)17-19-34(26,27)3/h4-9,20,22-28,37H,10-19,21H2,1-3H3/t22-,23-,24-,25+,26-,27+,28+,33+,34-/m1/s1. The van der Waals surface area contributed by atoms with Gasteiger partial charge in [-0.1, -0.05) is 32.9 Å². The first-order valence-corrected chi connectivity index (χ1v) is 15.4. The van der Waals surface area contributed by atoms with Crippen LogP contribution < -0.4 is 0 Å². The van der Waals surface area contributed by atoms with E-state index >= 15 is 0 Å². The summed E-state index contributed by atoms with van der Waals surface area (Å²) in [4.78, 5) is 5.14. The molecule has 4 fully saturated rings. The van der Waals surface area contributed by atoms with Crippen molar-refractivity contribution >= 4 is 16.6 Å². The lowest BCUT2D eigenvalue weighted by molar-refractivity contribution is -0.129. The monoisotopic (exact) mass is 498 g/mol. The van der Waals surface area contributed by atoms with E-state index in [2.05, 4.69) is 67.8 Å².